The molecule has 5 heteroatoms. The second kappa shape index (κ2) is 6.40. The highest BCUT2D eigenvalue weighted by Crippen LogP contribution is 2.60. The fourth-order valence-electron chi connectivity index (χ4n) is 6.31. The van der Waals surface area contributed by atoms with Crippen LogP contribution in [0.2, 0.25) is 0 Å². The van der Waals surface area contributed by atoms with Gasteiger partial charge in [-0.1, -0.05) is 0 Å². The van der Waals surface area contributed by atoms with Gasteiger partial charge in [0.05, 0.1) is 5.41 Å². The molecule has 0 aromatic carbocycles. The Bertz CT molecular complexity index is 542. The third-order valence-corrected chi connectivity index (χ3v) is 7.10. The Hall–Kier alpha value is -1.39. The van der Waals surface area contributed by atoms with Crippen molar-refractivity contribution in [1.29, 1.82) is 0 Å². The van der Waals surface area contributed by atoms with E-state index in [4.69, 9.17) is 0 Å². The van der Waals surface area contributed by atoms with Crippen LogP contribution in [-0.4, -0.2) is 53.6 Å². The van der Waals surface area contributed by atoms with Crippen LogP contribution >= 0.6 is 0 Å². The number of hydrogen-bond donors (Lipinski definition) is 0. The molecule has 0 N–H and O–H groups in total. The van der Waals surface area contributed by atoms with E-state index < -0.39 is 0 Å². The quantitative estimate of drug-likeness (QED) is 0.784. The molecule has 4 saturated carbocycles. The van der Waals surface area contributed by atoms with Crippen LogP contribution in [0.3, 0.4) is 0 Å². The van der Waals surface area contributed by atoms with E-state index in [0.717, 1.165) is 37.0 Å². The van der Waals surface area contributed by atoms with Gasteiger partial charge in [-0.2, -0.15) is 0 Å². The lowest BCUT2D eigenvalue weighted by Gasteiger charge is -2.57. The highest BCUT2D eigenvalue weighted by atomic mass is 16.2. The predicted octanol–water partition coefficient (Wildman–Crippen LogP) is 2.24. The van der Waals surface area contributed by atoms with E-state index >= 15 is 0 Å². The maximum atomic E-state index is 13.3. The summed E-state index contributed by atoms with van der Waals surface area (Å²) < 4.78 is 0. The number of carbonyl (C=O) groups is 3. The van der Waals surface area contributed by atoms with Crippen molar-refractivity contribution in [2.75, 3.05) is 26.2 Å². The fraction of sp³-hybridized carbons (Fsp3) is 0.850. The summed E-state index contributed by atoms with van der Waals surface area (Å²) in [7, 11) is 0. The summed E-state index contributed by atoms with van der Waals surface area (Å²) in [6.45, 7) is 4.08. The molecule has 0 aromatic heterocycles. The molecular formula is C20H30N2O3. The zero-order valence-corrected chi connectivity index (χ0v) is 15.3. The second-order valence-electron chi connectivity index (χ2n) is 9.07. The first-order valence-electron chi connectivity index (χ1n) is 10.0. The number of hydrogen-bond acceptors (Lipinski definition) is 3. The van der Waals surface area contributed by atoms with Crippen LogP contribution < -0.4 is 0 Å². The molecule has 1 saturated heterocycles. The second-order valence-corrected chi connectivity index (χ2v) is 9.07. The van der Waals surface area contributed by atoms with Gasteiger partial charge in [0.15, 0.2) is 0 Å². The number of ketones is 1. The van der Waals surface area contributed by atoms with Crippen molar-refractivity contribution in [3.63, 3.8) is 0 Å². The van der Waals surface area contributed by atoms with Crippen LogP contribution in [0.4, 0.5) is 0 Å². The molecule has 4 bridgehead atoms. The van der Waals surface area contributed by atoms with E-state index in [9.17, 15) is 14.4 Å². The summed E-state index contributed by atoms with van der Waals surface area (Å²) in [6.07, 6.45) is 8.01. The molecule has 5 rings (SSSR count). The zero-order valence-electron chi connectivity index (χ0n) is 15.3. The van der Waals surface area contributed by atoms with Gasteiger partial charge in [-0.05, 0) is 63.2 Å². The topological polar surface area (TPSA) is 57.7 Å². The standard InChI is InChI=1S/C20H30N2O3/c1-14(23)2-3-18(24)21-4-6-22(7-5-21)19(25)20-11-15-8-16(12-20)10-17(9-15)13-20/h15-17H,2-13H2,1H3. The first kappa shape index (κ1) is 17.0. The van der Waals surface area contributed by atoms with E-state index in [0.29, 0.717) is 44.9 Å². The van der Waals surface area contributed by atoms with Gasteiger partial charge in [-0.15, -0.1) is 0 Å². The Labute approximate surface area is 150 Å². The molecular weight excluding hydrogens is 316 g/mol. The first-order valence-corrected chi connectivity index (χ1v) is 10.0. The highest BCUT2D eigenvalue weighted by molar-refractivity contribution is 5.85. The van der Waals surface area contributed by atoms with Crippen molar-refractivity contribution in [1.82, 2.24) is 9.80 Å². The van der Waals surface area contributed by atoms with Crippen molar-refractivity contribution in [2.45, 2.75) is 58.3 Å². The van der Waals surface area contributed by atoms with E-state index in [1.54, 1.807) is 0 Å². The Morgan fingerprint density at radius 2 is 1.28 bits per heavy atom. The van der Waals surface area contributed by atoms with Crippen LogP contribution in [0.1, 0.15) is 58.3 Å². The maximum absolute atomic E-state index is 13.3. The number of Topliss-reactive ketones (excluding diaryl/α,β-unsaturated/α-hetero) is 1. The average molecular weight is 346 g/mol. The third-order valence-electron chi connectivity index (χ3n) is 7.10. The maximum Gasteiger partial charge on any atom is 0.228 e. The van der Waals surface area contributed by atoms with Gasteiger partial charge in [0.2, 0.25) is 11.8 Å². The van der Waals surface area contributed by atoms with Gasteiger partial charge in [-0.3, -0.25) is 9.59 Å². The molecule has 4 aliphatic carbocycles. The largest absolute Gasteiger partial charge is 0.339 e. The molecule has 5 aliphatic rings. The molecule has 25 heavy (non-hydrogen) atoms. The number of rotatable bonds is 4. The lowest BCUT2D eigenvalue weighted by Crippen LogP contribution is -2.58. The molecule has 138 valence electrons. The van der Waals surface area contributed by atoms with Gasteiger partial charge in [0, 0.05) is 39.0 Å². The fourth-order valence-corrected chi connectivity index (χ4v) is 6.31. The average Bonchev–Trinajstić information content (AvgIpc) is 2.58. The normalized spacial score (nSPS) is 36.6. The van der Waals surface area contributed by atoms with Crippen molar-refractivity contribution in [3.05, 3.63) is 0 Å². The van der Waals surface area contributed by atoms with Crippen molar-refractivity contribution >= 4 is 17.6 Å². The number of piperazine rings is 1. The molecule has 1 aliphatic heterocycles. The van der Waals surface area contributed by atoms with Gasteiger partial charge < -0.3 is 14.6 Å². The van der Waals surface area contributed by atoms with Gasteiger partial charge >= 0.3 is 0 Å². The van der Waals surface area contributed by atoms with Crippen LogP contribution in [0.5, 0.6) is 0 Å². The monoisotopic (exact) mass is 346 g/mol. The third kappa shape index (κ3) is 3.22. The minimum atomic E-state index is -0.0739. The Morgan fingerprint density at radius 1 is 0.800 bits per heavy atom. The van der Waals surface area contributed by atoms with Crippen LogP contribution in [0, 0.1) is 23.2 Å². The molecule has 0 unspecified atom stereocenters. The first-order chi connectivity index (χ1) is 11.9. The van der Waals surface area contributed by atoms with Crippen molar-refractivity contribution in [2.24, 2.45) is 23.2 Å². The minimum Gasteiger partial charge on any atom is -0.339 e. The minimum absolute atomic E-state index is 0.0529. The molecule has 0 aromatic rings. The Kier molecular flexibility index (Phi) is 4.37. The van der Waals surface area contributed by atoms with Crippen molar-refractivity contribution < 1.29 is 14.4 Å². The molecule has 0 spiro atoms. The summed E-state index contributed by atoms with van der Waals surface area (Å²) >= 11 is 0. The molecule has 0 radical (unpaired) electrons. The van der Waals surface area contributed by atoms with E-state index in [-0.39, 0.29) is 17.1 Å². The molecule has 5 fully saturated rings. The zero-order chi connectivity index (χ0) is 17.6. The van der Waals surface area contributed by atoms with Crippen molar-refractivity contribution in [3.8, 4) is 0 Å². The van der Waals surface area contributed by atoms with E-state index in [2.05, 4.69) is 0 Å². The van der Waals surface area contributed by atoms with E-state index in [1.807, 2.05) is 9.80 Å². The lowest BCUT2D eigenvalue weighted by molar-refractivity contribution is -0.160. The number of carbonyl (C=O) groups excluding carboxylic acids is 3. The Balaban J connectivity index is 1.34. The Morgan fingerprint density at radius 3 is 1.76 bits per heavy atom. The molecule has 5 nitrogen and oxygen atoms in total. The number of amides is 2. The molecule has 2 amide bonds. The number of nitrogens with zero attached hydrogens (tertiary/aromatic N) is 2. The summed E-state index contributed by atoms with van der Waals surface area (Å²) in [5.74, 6) is 2.84. The van der Waals surface area contributed by atoms with Crippen LogP contribution in [-0.2, 0) is 14.4 Å². The summed E-state index contributed by atoms with van der Waals surface area (Å²) in [5.41, 5.74) is -0.0739. The van der Waals surface area contributed by atoms with Gasteiger partial charge in [-0.25, -0.2) is 0 Å². The van der Waals surface area contributed by atoms with Crippen LogP contribution in [0.25, 0.3) is 0 Å². The SMILES string of the molecule is CC(=O)CCC(=O)N1CCN(C(=O)C23CC4CC(CC(C4)C2)C3)CC1. The summed E-state index contributed by atoms with van der Waals surface area (Å²) in [6, 6.07) is 0. The summed E-state index contributed by atoms with van der Waals surface area (Å²) in [5, 5.41) is 0. The van der Waals surface area contributed by atoms with Gasteiger partial charge in [0.25, 0.3) is 0 Å². The van der Waals surface area contributed by atoms with Crippen LogP contribution in [0.15, 0.2) is 0 Å². The predicted molar refractivity (Wildman–Crippen MR) is 93.7 cm³/mol. The molecule has 1 heterocycles. The van der Waals surface area contributed by atoms with E-state index in [1.165, 1.54) is 26.2 Å². The summed E-state index contributed by atoms with van der Waals surface area (Å²) in [4.78, 5) is 40.4. The smallest absolute Gasteiger partial charge is 0.228 e. The van der Waals surface area contributed by atoms with Gasteiger partial charge in [0.1, 0.15) is 5.78 Å². The highest BCUT2D eigenvalue weighted by Gasteiger charge is 2.55. The lowest BCUT2D eigenvalue weighted by atomic mass is 9.49. The molecule has 0 atom stereocenters.